The first-order valence-corrected chi connectivity index (χ1v) is 11.9. The van der Waals surface area contributed by atoms with Crippen LogP contribution in [-0.4, -0.2) is 52.9 Å². The van der Waals surface area contributed by atoms with Crippen molar-refractivity contribution in [3.05, 3.63) is 59.7 Å². The van der Waals surface area contributed by atoms with E-state index >= 15 is 0 Å². The molecule has 0 aromatic heterocycles. The number of rotatable bonds is 11. The second-order valence-corrected chi connectivity index (χ2v) is 10.9. The Morgan fingerprint density at radius 1 is 0.706 bits per heavy atom. The quantitative estimate of drug-likeness (QED) is 0.440. The summed E-state index contributed by atoms with van der Waals surface area (Å²) >= 11 is 0. The van der Waals surface area contributed by atoms with E-state index in [4.69, 9.17) is 28.4 Å². The summed E-state index contributed by atoms with van der Waals surface area (Å²) in [6, 6.07) is 16.2. The molecule has 2 aliphatic heterocycles. The summed E-state index contributed by atoms with van der Waals surface area (Å²) in [5, 5.41) is 0. The molecule has 0 spiro atoms. The van der Waals surface area contributed by atoms with E-state index < -0.39 is 5.60 Å². The van der Waals surface area contributed by atoms with Crippen LogP contribution in [0.3, 0.4) is 0 Å². The molecule has 34 heavy (non-hydrogen) atoms. The average molecular weight is 471 g/mol. The van der Waals surface area contributed by atoms with E-state index in [1.807, 2.05) is 24.3 Å². The zero-order valence-electron chi connectivity index (χ0n) is 21.3. The van der Waals surface area contributed by atoms with Crippen molar-refractivity contribution in [1.29, 1.82) is 0 Å². The largest absolute Gasteiger partial charge is 0.490 e. The van der Waals surface area contributed by atoms with Crippen molar-refractivity contribution in [3.63, 3.8) is 0 Å². The summed E-state index contributed by atoms with van der Waals surface area (Å²) in [6.45, 7) is 11.4. The van der Waals surface area contributed by atoms with Crippen LogP contribution in [0.4, 0.5) is 0 Å². The molecule has 0 amide bonds. The third kappa shape index (κ3) is 5.25. The van der Waals surface area contributed by atoms with Crippen LogP contribution in [0.5, 0.6) is 11.5 Å². The van der Waals surface area contributed by atoms with Gasteiger partial charge in [0.25, 0.3) is 0 Å². The molecule has 0 saturated carbocycles. The third-order valence-corrected chi connectivity index (χ3v) is 6.87. The molecule has 6 heteroatoms. The fraction of sp³-hybridized carbons (Fsp3) is 0.571. The van der Waals surface area contributed by atoms with E-state index in [9.17, 15) is 0 Å². The van der Waals surface area contributed by atoms with Gasteiger partial charge in [-0.1, -0.05) is 52.0 Å². The SMILES string of the molecule is COCC(COc1ccc(C2OCC2(C)C)cc1)(COc1ccc(C2OCC2(C)C)cc1)OC. The fourth-order valence-corrected chi connectivity index (χ4v) is 4.57. The topological polar surface area (TPSA) is 55.4 Å². The molecule has 2 aromatic rings. The highest BCUT2D eigenvalue weighted by molar-refractivity contribution is 5.31. The van der Waals surface area contributed by atoms with Crippen molar-refractivity contribution in [2.75, 3.05) is 47.3 Å². The lowest BCUT2D eigenvalue weighted by molar-refractivity contribution is -0.172. The zero-order valence-corrected chi connectivity index (χ0v) is 21.3. The molecule has 0 bridgehead atoms. The van der Waals surface area contributed by atoms with Crippen molar-refractivity contribution in [2.45, 2.75) is 45.5 Å². The highest BCUT2D eigenvalue weighted by Crippen LogP contribution is 2.46. The van der Waals surface area contributed by atoms with Crippen LogP contribution in [0.25, 0.3) is 0 Å². The number of ether oxygens (including phenoxy) is 6. The Morgan fingerprint density at radius 2 is 1.12 bits per heavy atom. The molecule has 2 aliphatic rings. The molecular formula is C28H38O6. The Labute approximate surface area is 203 Å². The lowest BCUT2D eigenvalue weighted by Crippen LogP contribution is -2.48. The van der Waals surface area contributed by atoms with Crippen molar-refractivity contribution in [1.82, 2.24) is 0 Å². The molecule has 2 atom stereocenters. The van der Waals surface area contributed by atoms with E-state index in [1.54, 1.807) is 14.2 Å². The van der Waals surface area contributed by atoms with Crippen LogP contribution in [0.1, 0.15) is 51.0 Å². The molecule has 6 nitrogen and oxygen atoms in total. The second-order valence-electron chi connectivity index (χ2n) is 10.9. The maximum absolute atomic E-state index is 6.10. The van der Waals surface area contributed by atoms with Gasteiger partial charge in [-0.3, -0.25) is 0 Å². The summed E-state index contributed by atoms with van der Waals surface area (Å²) in [6.07, 6.45) is 0.268. The highest BCUT2D eigenvalue weighted by atomic mass is 16.6. The number of methoxy groups -OCH3 is 2. The normalized spacial score (nSPS) is 24.4. The van der Waals surface area contributed by atoms with Crippen LogP contribution < -0.4 is 9.47 Å². The van der Waals surface area contributed by atoms with Gasteiger partial charge in [-0.15, -0.1) is 0 Å². The minimum absolute atomic E-state index is 0.134. The first-order valence-electron chi connectivity index (χ1n) is 11.9. The second kappa shape index (κ2) is 9.86. The molecule has 2 unspecified atom stereocenters. The van der Waals surface area contributed by atoms with E-state index in [0.29, 0.717) is 19.8 Å². The van der Waals surface area contributed by atoms with Gasteiger partial charge in [-0.05, 0) is 35.4 Å². The van der Waals surface area contributed by atoms with Crippen LogP contribution >= 0.6 is 0 Å². The lowest BCUT2D eigenvalue weighted by Gasteiger charge is -2.44. The third-order valence-electron chi connectivity index (χ3n) is 6.87. The monoisotopic (exact) mass is 470 g/mol. The summed E-state index contributed by atoms with van der Waals surface area (Å²) in [5.74, 6) is 1.54. The Balaban J connectivity index is 1.35. The minimum atomic E-state index is -0.746. The van der Waals surface area contributed by atoms with E-state index in [2.05, 4.69) is 52.0 Å². The van der Waals surface area contributed by atoms with Gasteiger partial charge in [0.2, 0.25) is 0 Å². The van der Waals surface area contributed by atoms with E-state index in [0.717, 1.165) is 24.7 Å². The molecule has 186 valence electrons. The van der Waals surface area contributed by atoms with Gasteiger partial charge in [-0.25, -0.2) is 0 Å². The van der Waals surface area contributed by atoms with Crippen LogP contribution in [-0.2, 0) is 18.9 Å². The van der Waals surface area contributed by atoms with Crippen LogP contribution in [0, 0.1) is 10.8 Å². The van der Waals surface area contributed by atoms with Crippen molar-refractivity contribution in [2.24, 2.45) is 10.8 Å². The summed E-state index contributed by atoms with van der Waals surface area (Å²) in [7, 11) is 3.31. The number of hydrogen-bond donors (Lipinski definition) is 0. The molecule has 0 radical (unpaired) electrons. The van der Waals surface area contributed by atoms with Crippen molar-refractivity contribution >= 4 is 0 Å². The predicted octanol–water partition coefficient (Wildman–Crippen LogP) is 5.37. The Kier molecular flexibility index (Phi) is 7.25. The van der Waals surface area contributed by atoms with Gasteiger partial charge in [-0.2, -0.15) is 0 Å². The summed E-state index contributed by atoms with van der Waals surface area (Å²) in [5.41, 5.74) is 1.93. The van der Waals surface area contributed by atoms with E-state index in [-0.39, 0.29) is 23.0 Å². The van der Waals surface area contributed by atoms with Crippen molar-refractivity contribution in [3.8, 4) is 11.5 Å². The summed E-state index contributed by atoms with van der Waals surface area (Å²) < 4.78 is 35.0. The van der Waals surface area contributed by atoms with Gasteiger partial charge < -0.3 is 28.4 Å². The smallest absolute Gasteiger partial charge is 0.158 e. The first-order chi connectivity index (χ1) is 16.2. The van der Waals surface area contributed by atoms with Gasteiger partial charge >= 0.3 is 0 Å². The molecular weight excluding hydrogens is 432 g/mol. The van der Waals surface area contributed by atoms with Crippen LogP contribution in [0.15, 0.2) is 48.5 Å². The van der Waals surface area contributed by atoms with Crippen molar-refractivity contribution < 1.29 is 28.4 Å². The molecule has 2 heterocycles. The maximum atomic E-state index is 6.10. The zero-order chi connectivity index (χ0) is 24.4. The summed E-state index contributed by atoms with van der Waals surface area (Å²) in [4.78, 5) is 0. The molecule has 0 aliphatic carbocycles. The molecule has 4 rings (SSSR count). The molecule has 2 fully saturated rings. The van der Waals surface area contributed by atoms with Gasteiger partial charge in [0.05, 0.1) is 32.0 Å². The number of hydrogen-bond acceptors (Lipinski definition) is 6. The lowest BCUT2D eigenvalue weighted by atomic mass is 9.79. The Hall–Kier alpha value is -2.12. The van der Waals surface area contributed by atoms with Gasteiger partial charge in [0.15, 0.2) is 5.60 Å². The first kappa shape index (κ1) is 25.0. The average Bonchev–Trinajstić information content (AvgIpc) is 2.81. The molecule has 0 N–H and O–H groups in total. The highest BCUT2D eigenvalue weighted by Gasteiger charge is 2.42. The van der Waals surface area contributed by atoms with E-state index in [1.165, 1.54) is 11.1 Å². The Bertz CT molecular complexity index is 863. The Morgan fingerprint density at radius 3 is 1.38 bits per heavy atom. The van der Waals surface area contributed by atoms with Gasteiger partial charge in [0, 0.05) is 25.0 Å². The minimum Gasteiger partial charge on any atom is -0.490 e. The fourth-order valence-electron chi connectivity index (χ4n) is 4.57. The maximum Gasteiger partial charge on any atom is 0.158 e. The standard InChI is InChI=1S/C28H38O6/c1-26(2)15-33-24(26)20-7-11-22(12-8-20)31-18-28(30-6,17-29-5)19-32-23-13-9-21(10-14-23)25-27(3,4)16-34-25/h7-14,24-25H,15-19H2,1-6H3. The van der Waals surface area contributed by atoms with Crippen LogP contribution in [0.2, 0.25) is 0 Å². The predicted molar refractivity (Wildman–Crippen MR) is 130 cm³/mol. The molecule has 2 saturated heterocycles. The molecule has 2 aromatic carbocycles. The number of benzene rings is 2. The van der Waals surface area contributed by atoms with Gasteiger partial charge in [0.1, 0.15) is 24.7 Å².